The van der Waals surface area contributed by atoms with Gasteiger partial charge in [-0.2, -0.15) is 11.3 Å². The van der Waals surface area contributed by atoms with Crippen molar-refractivity contribution < 1.29 is 14.7 Å². The molecule has 2 unspecified atom stereocenters. The van der Waals surface area contributed by atoms with Crippen LogP contribution in [0.3, 0.4) is 0 Å². The monoisotopic (exact) mass is 230 g/mol. The molecule has 2 rings (SSSR count). The Hall–Kier alpha value is -0.870. The van der Waals surface area contributed by atoms with Gasteiger partial charge in [0, 0.05) is 22.2 Å². The van der Waals surface area contributed by atoms with E-state index in [-0.39, 0.29) is 11.7 Å². The van der Waals surface area contributed by atoms with Crippen LogP contribution in [0, 0.1) is 11.8 Å². The van der Waals surface area contributed by atoms with Crippen LogP contribution in [-0.2, 0) is 4.79 Å². The van der Waals surface area contributed by atoms with Gasteiger partial charge in [0.15, 0.2) is 5.78 Å². The van der Waals surface area contributed by atoms with Crippen LogP contribution in [0.25, 0.3) is 0 Å². The highest BCUT2D eigenvalue weighted by atomic mass is 35.5. The van der Waals surface area contributed by atoms with Crippen molar-refractivity contribution in [1.29, 1.82) is 0 Å². The molecule has 1 saturated carbocycles. The first-order chi connectivity index (χ1) is 6.61. The van der Waals surface area contributed by atoms with E-state index in [1.807, 2.05) is 0 Å². The minimum Gasteiger partial charge on any atom is -0.481 e. The Morgan fingerprint density at radius 1 is 1.43 bits per heavy atom. The van der Waals surface area contributed by atoms with E-state index in [0.29, 0.717) is 17.0 Å². The molecule has 1 aromatic heterocycles. The molecule has 0 spiro atoms. The number of carbonyl (C=O) groups is 2. The van der Waals surface area contributed by atoms with Crippen LogP contribution in [0.5, 0.6) is 0 Å². The lowest BCUT2D eigenvalue weighted by Gasteiger charge is -1.95. The molecule has 1 aromatic rings. The maximum Gasteiger partial charge on any atom is 0.307 e. The SMILES string of the molecule is O=C(O)C1CC1C(=O)c1cscc1Cl. The van der Waals surface area contributed by atoms with E-state index in [1.165, 1.54) is 11.3 Å². The first kappa shape index (κ1) is 9.68. The van der Waals surface area contributed by atoms with Crippen LogP contribution >= 0.6 is 22.9 Å². The number of carbonyl (C=O) groups excluding carboxylic acids is 1. The zero-order valence-electron chi connectivity index (χ0n) is 7.07. The zero-order chi connectivity index (χ0) is 10.3. The molecule has 74 valence electrons. The molecule has 0 amide bonds. The third kappa shape index (κ3) is 1.55. The van der Waals surface area contributed by atoms with Crippen LogP contribution in [0.15, 0.2) is 10.8 Å². The van der Waals surface area contributed by atoms with Gasteiger partial charge in [-0.1, -0.05) is 11.6 Å². The van der Waals surface area contributed by atoms with Crippen LogP contribution in [-0.4, -0.2) is 16.9 Å². The van der Waals surface area contributed by atoms with Crippen LogP contribution in [0.2, 0.25) is 5.02 Å². The van der Waals surface area contributed by atoms with Gasteiger partial charge in [-0.15, -0.1) is 0 Å². The van der Waals surface area contributed by atoms with Crippen molar-refractivity contribution in [2.24, 2.45) is 11.8 Å². The van der Waals surface area contributed by atoms with E-state index >= 15 is 0 Å². The predicted octanol–water partition coefficient (Wildman–Crippen LogP) is 2.30. The summed E-state index contributed by atoms with van der Waals surface area (Å²) in [6.45, 7) is 0. The number of aliphatic carboxylic acids is 1. The maximum absolute atomic E-state index is 11.7. The number of halogens is 1. The van der Waals surface area contributed by atoms with E-state index in [0.717, 1.165) is 0 Å². The summed E-state index contributed by atoms with van der Waals surface area (Å²) in [7, 11) is 0. The lowest BCUT2D eigenvalue weighted by molar-refractivity contribution is -0.138. The number of thiophene rings is 1. The molecule has 14 heavy (non-hydrogen) atoms. The first-order valence-corrected chi connectivity index (χ1v) is 5.42. The predicted molar refractivity (Wildman–Crippen MR) is 52.9 cm³/mol. The molecule has 2 atom stereocenters. The third-order valence-corrected chi connectivity index (χ3v) is 3.51. The largest absolute Gasteiger partial charge is 0.481 e. The minimum atomic E-state index is -0.894. The fourth-order valence-electron chi connectivity index (χ4n) is 1.41. The average molecular weight is 231 g/mol. The van der Waals surface area contributed by atoms with Crippen molar-refractivity contribution >= 4 is 34.7 Å². The summed E-state index contributed by atoms with van der Waals surface area (Å²) in [5, 5.41) is 12.4. The fourth-order valence-corrected chi connectivity index (χ4v) is 2.48. The standard InChI is InChI=1S/C9H7ClO3S/c10-7-3-14-2-6(7)8(11)4-1-5(4)9(12)13/h2-5H,1H2,(H,12,13). The Labute approximate surface area is 89.3 Å². The van der Waals surface area contributed by atoms with Gasteiger partial charge >= 0.3 is 5.97 Å². The number of hydrogen-bond acceptors (Lipinski definition) is 3. The summed E-state index contributed by atoms with van der Waals surface area (Å²) in [5.74, 6) is -1.89. The molecule has 5 heteroatoms. The Bertz CT molecular complexity index is 399. The van der Waals surface area contributed by atoms with Gasteiger partial charge in [0.2, 0.25) is 0 Å². The van der Waals surface area contributed by atoms with Gasteiger partial charge in [0.05, 0.1) is 10.9 Å². The minimum absolute atomic E-state index is 0.136. The topological polar surface area (TPSA) is 54.4 Å². The number of carboxylic acid groups (broad SMARTS) is 1. The Kier molecular flexibility index (Phi) is 2.33. The molecule has 0 aromatic carbocycles. The summed E-state index contributed by atoms with van der Waals surface area (Å²) in [6.07, 6.45) is 0.445. The van der Waals surface area contributed by atoms with Crippen LogP contribution in [0.4, 0.5) is 0 Å². The van der Waals surface area contributed by atoms with Gasteiger partial charge in [-0.05, 0) is 6.42 Å². The molecule has 0 aliphatic heterocycles. The molecule has 0 bridgehead atoms. The van der Waals surface area contributed by atoms with E-state index in [4.69, 9.17) is 16.7 Å². The number of ketones is 1. The summed E-state index contributed by atoms with van der Waals surface area (Å²) in [6, 6.07) is 0. The number of hydrogen-bond donors (Lipinski definition) is 1. The molecular weight excluding hydrogens is 224 g/mol. The Morgan fingerprint density at radius 2 is 2.14 bits per heavy atom. The molecule has 0 radical (unpaired) electrons. The second-order valence-corrected chi connectivity index (χ2v) is 4.44. The first-order valence-electron chi connectivity index (χ1n) is 4.10. The van der Waals surface area contributed by atoms with Crippen molar-refractivity contribution in [3.05, 3.63) is 21.3 Å². The molecule has 0 saturated heterocycles. The van der Waals surface area contributed by atoms with Crippen molar-refractivity contribution in [3.63, 3.8) is 0 Å². The summed E-state index contributed by atoms with van der Waals surface area (Å²) < 4.78 is 0. The number of Topliss-reactive ketones (excluding diaryl/α,β-unsaturated/α-hetero) is 1. The van der Waals surface area contributed by atoms with Crippen molar-refractivity contribution in [2.45, 2.75) is 6.42 Å². The van der Waals surface area contributed by atoms with Gasteiger partial charge in [-0.3, -0.25) is 9.59 Å². The summed E-state index contributed by atoms with van der Waals surface area (Å²) in [5.41, 5.74) is 0.463. The highest BCUT2D eigenvalue weighted by molar-refractivity contribution is 7.08. The van der Waals surface area contributed by atoms with E-state index in [1.54, 1.807) is 10.8 Å². The van der Waals surface area contributed by atoms with Crippen molar-refractivity contribution in [1.82, 2.24) is 0 Å². The van der Waals surface area contributed by atoms with Gasteiger partial charge < -0.3 is 5.11 Å². The molecule has 1 heterocycles. The second-order valence-electron chi connectivity index (χ2n) is 3.28. The van der Waals surface area contributed by atoms with E-state index in [9.17, 15) is 9.59 Å². The molecule has 1 fully saturated rings. The quantitative estimate of drug-likeness (QED) is 0.811. The Morgan fingerprint density at radius 3 is 2.57 bits per heavy atom. The van der Waals surface area contributed by atoms with Crippen LogP contribution in [0.1, 0.15) is 16.8 Å². The second kappa shape index (κ2) is 3.37. The normalized spacial score (nSPS) is 24.6. The van der Waals surface area contributed by atoms with Gasteiger partial charge in [-0.25, -0.2) is 0 Å². The molecule has 1 N–H and O–H groups in total. The van der Waals surface area contributed by atoms with Crippen LogP contribution < -0.4 is 0 Å². The number of carboxylic acids is 1. The third-order valence-electron chi connectivity index (χ3n) is 2.32. The van der Waals surface area contributed by atoms with E-state index in [2.05, 4.69) is 0 Å². The fraction of sp³-hybridized carbons (Fsp3) is 0.333. The highest BCUT2D eigenvalue weighted by Gasteiger charge is 2.48. The van der Waals surface area contributed by atoms with Gasteiger partial charge in [0.1, 0.15) is 0 Å². The zero-order valence-corrected chi connectivity index (χ0v) is 8.64. The maximum atomic E-state index is 11.7. The van der Waals surface area contributed by atoms with Crippen molar-refractivity contribution in [2.75, 3.05) is 0 Å². The van der Waals surface area contributed by atoms with E-state index < -0.39 is 11.9 Å². The van der Waals surface area contributed by atoms with Crippen molar-refractivity contribution in [3.8, 4) is 0 Å². The molecule has 1 aliphatic rings. The molecular formula is C9H7ClO3S. The lowest BCUT2D eigenvalue weighted by atomic mass is 10.1. The lowest BCUT2D eigenvalue weighted by Crippen LogP contribution is -2.07. The molecule has 3 nitrogen and oxygen atoms in total. The number of rotatable bonds is 3. The Balaban J connectivity index is 2.12. The summed E-state index contributed by atoms with van der Waals surface area (Å²) in [4.78, 5) is 22.2. The average Bonchev–Trinajstić information content (AvgIpc) is 2.82. The highest BCUT2D eigenvalue weighted by Crippen LogP contribution is 2.42. The van der Waals surface area contributed by atoms with Gasteiger partial charge in [0.25, 0.3) is 0 Å². The molecule has 1 aliphatic carbocycles. The summed E-state index contributed by atoms with van der Waals surface area (Å²) >= 11 is 7.13. The smallest absolute Gasteiger partial charge is 0.307 e.